The molecule has 2 N–H and O–H groups in total. The number of nitrogens with zero attached hydrogens (tertiary/aromatic N) is 4. The first-order chi connectivity index (χ1) is 19.1. The Bertz CT molecular complexity index is 1670. The van der Waals surface area contributed by atoms with Crippen LogP contribution in [0.4, 0.5) is 5.82 Å². The van der Waals surface area contributed by atoms with Gasteiger partial charge >= 0.3 is 0 Å². The number of sulfone groups is 1. The standard InChI is InChI=1S/C30H34N6O3S/c1-19(2)27-18-31-12-13-36(27)29-7-5-6-24(35-29)25-11-10-22-16-32-23(15-26(22)34-25)17-33-30(37)21-9-8-20(3)28(14-21)40(4,38)39/h5-11,14-16,19,27,31H,12-13,17-18H2,1-4H3,(H,33,37). The van der Waals surface area contributed by atoms with Crippen LogP contribution in [0.5, 0.6) is 0 Å². The highest BCUT2D eigenvalue weighted by molar-refractivity contribution is 7.90. The second-order valence-corrected chi connectivity index (χ2v) is 12.6. The normalized spacial score (nSPS) is 15.9. The van der Waals surface area contributed by atoms with E-state index in [1.165, 1.54) is 6.07 Å². The number of anilines is 1. The number of aromatic nitrogens is 3. The Kier molecular flexibility index (Phi) is 7.82. The maximum absolute atomic E-state index is 12.8. The van der Waals surface area contributed by atoms with Crippen LogP contribution in [0.3, 0.4) is 0 Å². The number of pyridine rings is 3. The van der Waals surface area contributed by atoms with Gasteiger partial charge < -0.3 is 15.5 Å². The topological polar surface area (TPSA) is 117 Å². The van der Waals surface area contributed by atoms with Gasteiger partial charge in [0.25, 0.3) is 5.91 Å². The van der Waals surface area contributed by atoms with Crippen LogP contribution >= 0.6 is 0 Å². The third-order valence-corrected chi connectivity index (χ3v) is 8.49. The molecule has 1 fully saturated rings. The molecule has 0 spiro atoms. The number of carbonyl (C=O) groups is 1. The number of rotatable bonds is 7. The average molecular weight is 559 g/mol. The molecule has 4 heterocycles. The lowest BCUT2D eigenvalue weighted by atomic mass is 10.0. The van der Waals surface area contributed by atoms with Crippen LogP contribution in [0.15, 0.2) is 65.7 Å². The summed E-state index contributed by atoms with van der Waals surface area (Å²) < 4.78 is 24.1. The molecule has 0 radical (unpaired) electrons. The molecule has 1 amide bonds. The van der Waals surface area contributed by atoms with Gasteiger partial charge in [-0.3, -0.25) is 9.78 Å². The van der Waals surface area contributed by atoms with Crippen LogP contribution in [0.1, 0.15) is 35.5 Å². The van der Waals surface area contributed by atoms with Crippen LogP contribution in [-0.4, -0.2) is 61.2 Å². The van der Waals surface area contributed by atoms with E-state index >= 15 is 0 Å². The smallest absolute Gasteiger partial charge is 0.251 e. The molecule has 9 nitrogen and oxygen atoms in total. The second-order valence-electron chi connectivity index (χ2n) is 10.6. The maximum atomic E-state index is 12.8. The third kappa shape index (κ3) is 5.97. The van der Waals surface area contributed by atoms with Crippen molar-refractivity contribution in [2.45, 2.75) is 38.3 Å². The summed E-state index contributed by atoms with van der Waals surface area (Å²) in [4.78, 5) is 29.6. The Balaban J connectivity index is 1.35. The minimum Gasteiger partial charge on any atom is -0.351 e. The number of aryl methyl sites for hydroxylation is 1. The molecule has 0 aliphatic carbocycles. The van der Waals surface area contributed by atoms with Gasteiger partial charge in [0.05, 0.1) is 34.0 Å². The first-order valence-electron chi connectivity index (χ1n) is 13.4. The lowest BCUT2D eigenvalue weighted by Crippen LogP contribution is -2.54. The highest BCUT2D eigenvalue weighted by Gasteiger charge is 2.26. The zero-order valence-electron chi connectivity index (χ0n) is 23.2. The number of hydrogen-bond acceptors (Lipinski definition) is 8. The lowest BCUT2D eigenvalue weighted by molar-refractivity contribution is 0.0950. The van der Waals surface area contributed by atoms with Gasteiger partial charge in [-0.2, -0.15) is 0 Å². The van der Waals surface area contributed by atoms with Crippen molar-refractivity contribution in [1.29, 1.82) is 0 Å². The molecule has 1 atom stereocenters. The summed E-state index contributed by atoms with van der Waals surface area (Å²) in [6, 6.07) is 16.9. The number of amides is 1. The monoisotopic (exact) mass is 558 g/mol. The summed E-state index contributed by atoms with van der Waals surface area (Å²) in [5.74, 6) is 1.08. The first kappa shape index (κ1) is 27.7. The van der Waals surface area contributed by atoms with Crippen molar-refractivity contribution in [3.05, 3.63) is 77.6 Å². The molecule has 208 valence electrons. The van der Waals surface area contributed by atoms with Crippen LogP contribution in [0.25, 0.3) is 22.3 Å². The van der Waals surface area contributed by atoms with Crippen molar-refractivity contribution in [2.24, 2.45) is 5.92 Å². The average Bonchev–Trinajstić information content (AvgIpc) is 2.95. The molecule has 1 aliphatic rings. The highest BCUT2D eigenvalue weighted by Crippen LogP contribution is 2.25. The summed E-state index contributed by atoms with van der Waals surface area (Å²) in [7, 11) is -3.44. The van der Waals surface area contributed by atoms with Crippen LogP contribution in [0, 0.1) is 12.8 Å². The molecule has 40 heavy (non-hydrogen) atoms. The number of benzene rings is 1. The maximum Gasteiger partial charge on any atom is 0.251 e. The molecule has 1 unspecified atom stereocenters. The van der Waals surface area contributed by atoms with Gasteiger partial charge in [-0.1, -0.05) is 26.0 Å². The summed E-state index contributed by atoms with van der Waals surface area (Å²) in [6.07, 6.45) is 2.87. The quantitative estimate of drug-likeness (QED) is 0.352. The molecule has 0 bridgehead atoms. The summed E-state index contributed by atoms with van der Waals surface area (Å²) in [5.41, 5.74) is 3.84. The molecule has 4 aromatic rings. The van der Waals surface area contributed by atoms with Crippen molar-refractivity contribution < 1.29 is 13.2 Å². The number of carbonyl (C=O) groups excluding carboxylic acids is 1. The fourth-order valence-electron chi connectivity index (χ4n) is 5.04. The van der Waals surface area contributed by atoms with E-state index in [9.17, 15) is 13.2 Å². The van der Waals surface area contributed by atoms with Crippen LogP contribution < -0.4 is 15.5 Å². The minimum atomic E-state index is -3.44. The van der Waals surface area contributed by atoms with Gasteiger partial charge in [0, 0.05) is 49.1 Å². The zero-order chi connectivity index (χ0) is 28.4. The van der Waals surface area contributed by atoms with Crippen molar-refractivity contribution in [3.8, 4) is 11.4 Å². The number of nitrogens with one attached hydrogen (secondary N) is 2. The number of fused-ring (bicyclic) bond motifs is 1. The molecular weight excluding hydrogens is 524 g/mol. The third-order valence-electron chi connectivity index (χ3n) is 7.25. The minimum absolute atomic E-state index is 0.148. The predicted octanol–water partition coefficient (Wildman–Crippen LogP) is 3.77. The number of hydrogen-bond donors (Lipinski definition) is 2. The highest BCUT2D eigenvalue weighted by atomic mass is 32.2. The van der Waals surface area contributed by atoms with Gasteiger partial charge in [0.15, 0.2) is 9.84 Å². The largest absolute Gasteiger partial charge is 0.351 e. The van der Waals surface area contributed by atoms with Crippen molar-refractivity contribution in [1.82, 2.24) is 25.6 Å². The van der Waals surface area contributed by atoms with Crippen molar-refractivity contribution in [2.75, 3.05) is 30.8 Å². The van der Waals surface area contributed by atoms with E-state index in [4.69, 9.17) is 9.97 Å². The SMILES string of the molecule is Cc1ccc(C(=O)NCc2cc3nc(-c4cccc(N5CCNCC5C(C)C)n4)ccc3cn2)cc1S(C)(=O)=O. The Morgan fingerprint density at radius 1 is 1.10 bits per heavy atom. The van der Waals surface area contributed by atoms with Crippen molar-refractivity contribution >= 4 is 32.5 Å². The summed E-state index contributed by atoms with van der Waals surface area (Å²) in [5, 5.41) is 7.20. The summed E-state index contributed by atoms with van der Waals surface area (Å²) >= 11 is 0. The van der Waals surface area contributed by atoms with E-state index in [0.29, 0.717) is 23.2 Å². The summed E-state index contributed by atoms with van der Waals surface area (Å²) in [6.45, 7) is 9.13. The lowest BCUT2D eigenvalue weighted by Gasteiger charge is -2.39. The predicted molar refractivity (Wildman–Crippen MR) is 157 cm³/mol. The second kappa shape index (κ2) is 11.3. The molecule has 5 rings (SSSR count). The molecular formula is C30H34N6O3S. The van der Waals surface area contributed by atoms with Gasteiger partial charge in [0.2, 0.25) is 0 Å². The Morgan fingerprint density at radius 3 is 2.67 bits per heavy atom. The van der Waals surface area contributed by atoms with E-state index in [1.807, 2.05) is 30.3 Å². The fraction of sp³-hybridized carbons (Fsp3) is 0.333. The number of piperazine rings is 1. The molecule has 10 heteroatoms. The van der Waals surface area contributed by atoms with Crippen LogP contribution in [-0.2, 0) is 16.4 Å². The molecule has 1 saturated heterocycles. The molecule has 0 saturated carbocycles. The van der Waals surface area contributed by atoms with Crippen molar-refractivity contribution in [3.63, 3.8) is 0 Å². The van der Waals surface area contributed by atoms with E-state index < -0.39 is 9.84 Å². The zero-order valence-corrected chi connectivity index (χ0v) is 24.0. The van der Waals surface area contributed by atoms with Crippen LogP contribution in [0.2, 0.25) is 0 Å². The van der Waals surface area contributed by atoms with Gasteiger partial charge in [0.1, 0.15) is 5.82 Å². The van der Waals surface area contributed by atoms with E-state index in [1.54, 1.807) is 25.3 Å². The fourth-order valence-corrected chi connectivity index (χ4v) is 6.04. The molecule has 1 aliphatic heterocycles. The van der Waals surface area contributed by atoms with Gasteiger partial charge in [-0.25, -0.2) is 18.4 Å². The molecule has 3 aromatic heterocycles. The Labute approximate surface area is 235 Å². The van der Waals surface area contributed by atoms with E-state index in [2.05, 4.69) is 40.4 Å². The van der Waals surface area contributed by atoms with E-state index in [0.717, 1.165) is 54.0 Å². The first-order valence-corrected chi connectivity index (χ1v) is 15.3. The molecule has 1 aromatic carbocycles. The van der Waals surface area contributed by atoms with Gasteiger partial charge in [-0.15, -0.1) is 0 Å². The van der Waals surface area contributed by atoms with Gasteiger partial charge in [-0.05, 0) is 60.9 Å². The Hall–Kier alpha value is -3.89. The Morgan fingerprint density at radius 2 is 1.90 bits per heavy atom. The van der Waals surface area contributed by atoms with E-state index in [-0.39, 0.29) is 22.9 Å².